The highest BCUT2D eigenvalue weighted by Gasteiger charge is 2.22. The molecule has 0 saturated carbocycles. The number of nitro benzene ring substituents is 1. The molecule has 1 heterocycles. The van der Waals surface area contributed by atoms with E-state index >= 15 is 0 Å². The first-order chi connectivity index (χ1) is 16.6. The Morgan fingerprint density at radius 2 is 1.71 bits per heavy atom. The standard InChI is InChI=1S/C22H26N6O7/c1-2-3-9-35-19-12-14(20(23)29)10-17(27(31)32)16(19)7-5-4-6-8-25-22-18(28(33)34)11-15(13-26-22)21(24)30/h4,6,10-13H,2-3,5,7-9H2,1H3,(H2,23,29)(H2,24,30)(H,25,26)/b6-4+. The number of pyridine rings is 1. The van der Waals surface area contributed by atoms with Crippen molar-refractivity contribution in [1.29, 1.82) is 0 Å². The minimum absolute atomic E-state index is 0.0110. The predicted molar refractivity (Wildman–Crippen MR) is 127 cm³/mol. The van der Waals surface area contributed by atoms with Gasteiger partial charge in [-0.25, -0.2) is 4.98 Å². The van der Waals surface area contributed by atoms with E-state index in [-0.39, 0.29) is 41.3 Å². The molecule has 35 heavy (non-hydrogen) atoms. The second-order valence-electron chi connectivity index (χ2n) is 7.40. The number of nitro groups is 2. The molecule has 0 fully saturated rings. The fourth-order valence-electron chi connectivity index (χ4n) is 3.09. The molecular weight excluding hydrogens is 460 g/mol. The maximum absolute atomic E-state index is 11.6. The van der Waals surface area contributed by atoms with Crippen molar-refractivity contribution in [2.45, 2.75) is 32.6 Å². The average Bonchev–Trinajstić information content (AvgIpc) is 2.81. The summed E-state index contributed by atoms with van der Waals surface area (Å²) < 4.78 is 5.70. The number of carbonyl (C=O) groups is 2. The van der Waals surface area contributed by atoms with Crippen LogP contribution in [0.15, 0.2) is 36.5 Å². The number of aromatic nitrogens is 1. The summed E-state index contributed by atoms with van der Waals surface area (Å²) >= 11 is 0. The Morgan fingerprint density at radius 1 is 1.06 bits per heavy atom. The van der Waals surface area contributed by atoms with Gasteiger partial charge in [0.2, 0.25) is 11.7 Å². The van der Waals surface area contributed by atoms with Gasteiger partial charge in [-0.05, 0) is 25.3 Å². The highest BCUT2D eigenvalue weighted by molar-refractivity contribution is 5.94. The largest absolute Gasteiger partial charge is 0.493 e. The van der Waals surface area contributed by atoms with Crippen molar-refractivity contribution >= 4 is 29.0 Å². The van der Waals surface area contributed by atoms with Gasteiger partial charge in [-0.1, -0.05) is 25.5 Å². The average molecular weight is 486 g/mol. The number of unbranched alkanes of at least 4 members (excludes halogenated alkanes) is 1. The lowest BCUT2D eigenvalue weighted by Gasteiger charge is -2.12. The van der Waals surface area contributed by atoms with E-state index in [9.17, 15) is 29.8 Å². The van der Waals surface area contributed by atoms with E-state index in [0.29, 0.717) is 18.6 Å². The molecule has 0 aliphatic rings. The molecule has 0 unspecified atom stereocenters. The number of benzene rings is 1. The summed E-state index contributed by atoms with van der Waals surface area (Å²) in [7, 11) is 0. The van der Waals surface area contributed by atoms with Gasteiger partial charge < -0.3 is 21.5 Å². The Hall–Kier alpha value is -4.55. The van der Waals surface area contributed by atoms with Crippen molar-refractivity contribution in [2.24, 2.45) is 11.5 Å². The highest BCUT2D eigenvalue weighted by atomic mass is 16.6. The zero-order valence-electron chi connectivity index (χ0n) is 19.1. The second-order valence-corrected chi connectivity index (χ2v) is 7.40. The number of hydrogen-bond acceptors (Lipinski definition) is 9. The van der Waals surface area contributed by atoms with Crippen molar-refractivity contribution in [3.05, 3.63) is 73.5 Å². The van der Waals surface area contributed by atoms with E-state index in [2.05, 4.69) is 10.3 Å². The Labute approximate surface area is 200 Å². The first kappa shape index (κ1) is 26.7. The first-order valence-corrected chi connectivity index (χ1v) is 10.7. The molecular formula is C22H26N6O7. The number of anilines is 1. The quantitative estimate of drug-likeness (QED) is 0.155. The molecule has 2 aromatic rings. The van der Waals surface area contributed by atoms with E-state index in [1.165, 1.54) is 6.07 Å². The van der Waals surface area contributed by atoms with Gasteiger partial charge in [-0.2, -0.15) is 0 Å². The van der Waals surface area contributed by atoms with Crippen LogP contribution in [0.1, 0.15) is 52.5 Å². The summed E-state index contributed by atoms with van der Waals surface area (Å²) in [5.74, 6) is -1.42. The van der Waals surface area contributed by atoms with Crippen molar-refractivity contribution in [1.82, 2.24) is 4.98 Å². The number of allylic oxidation sites excluding steroid dienone is 1. The Morgan fingerprint density at radius 3 is 2.31 bits per heavy atom. The third kappa shape index (κ3) is 7.48. The van der Waals surface area contributed by atoms with Crippen LogP contribution >= 0.6 is 0 Å². The summed E-state index contributed by atoms with van der Waals surface area (Å²) in [5.41, 5.74) is 10.0. The van der Waals surface area contributed by atoms with Crippen LogP contribution in [-0.2, 0) is 6.42 Å². The lowest BCUT2D eigenvalue weighted by molar-refractivity contribution is -0.385. The molecule has 0 radical (unpaired) electrons. The van der Waals surface area contributed by atoms with E-state index < -0.39 is 27.3 Å². The van der Waals surface area contributed by atoms with Gasteiger partial charge in [-0.3, -0.25) is 29.8 Å². The van der Waals surface area contributed by atoms with Gasteiger partial charge in [0.05, 0.1) is 27.6 Å². The number of rotatable bonds is 14. The number of hydrogen-bond donors (Lipinski definition) is 3. The number of primary amides is 2. The Kier molecular flexibility index (Phi) is 9.63. The first-order valence-electron chi connectivity index (χ1n) is 10.7. The van der Waals surface area contributed by atoms with E-state index in [0.717, 1.165) is 31.2 Å². The van der Waals surface area contributed by atoms with Crippen LogP contribution < -0.4 is 21.5 Å². The number of ether oxygens (including phenoxy) is 1. The molecule has 0 atom stereocenters. The van der Waals surface area contributed by atoms with Crippen LogP contribution in [-0.4, -0.2) is 39.8 Å². The molecule has 2 rings (SSSR count). The summed E-state index contributed by atoms with van der Waals surface area (Å²) in [6.07, 6.45) is 6.78. The van der Waals surface area contributed by atoms with Gasteiger partial charge >= 0.3 is 5.69 Å². The Bertz CT molecular complexity index is 1150. The summed E-state index contributed by atoms with van der Waals surface area (Å²) in [4.78, 5) is 48.2. The van der Waals surface area contributed by atoms with Gasteiger partial charge in [0.1, 0.15) is 5.75 Å². The molecule has 0 saturated heterocycles. The molecule has 1 aromatic heterocycles. The summed E-state index contributed by atoms with van der Waals surface area (Å²) in [5, 5.41) is 25.6. The minimum Gasteiger partial charge on any atom is -0.493 e. The molecule has 186 valence electrons. The fraction of sp³-hybridized carbons (Fsp3) is 0.318. The minimum atomic E-state index is -0.831. The van der Waals surface area contributed by atoms with Crippen LogP contribution in [0.4, 0.5) is 17.2 Å². The third-order valence-corrected chi connectivity index (χ3v) is 4.89. The molecule has 13 heteroatoms. The van der Waals surface area contributed by atoms with Gasteiger partial charge in [-0.15, -0.1) is 0 Å². The molecule has 0 bridgehead atoms. The van der Waals surface area contributed by atoms with Crippen LogP contribution in [0.2, 0.25) is 0 Å². The number of carbonyl (C=O) groups excluding carboxylic acids is 2. The molecule has 13 nitrogen and oxygen atoms in total. The van der Waals surface area contributed by atoms with E-state index in [1.54, 1.807) is 12.2 Å². The lowest BCUT2D eigenvalue weighted by Crippen LogP contribution is -2.13. The third-order valence-electron chi connectivity index (χ3n) is 4.89. The van der Waals surface area contributed by atoms with Gasteiger partial charge in [0.15, 0.2) is 0 Å². The zero-order valence-corrected chi connectivity index (χ0v) is 19.1. The van der Waals surface area contributed by atoms with Crippen molar-refractivity contribution in [2.75, 3.05) is 18.5 Å². The molecule has 0 aliphatic carbocycles. The van der Waals surface area contributed by atoms with E-state index in [1.807, 2.05) is 6.92 Å². The molecule has 1 aromatic carbocycles. The maximum atomic E-state index is 11.6. The normalized spacial score (nSPS) is 10.8. The SMILES string of the molecule is CCCCOc1cc(C(N)=O)cc([N+](=O)[O-])c1CC/C=C/CNc1ncc(C(N)=O)cc1[N+](=O)[O-]. The number of nitrogens with one attached hydrogen (secondary N) is 1. The van der Waals surface area contributed by atoms with Crippen LogP contribution in [0.5, 0.6) is 5.75 Å². The summed E-state index contributed by atoms with van der Waals surface area (Å²) in [6.45, 7) is 2.48. The molecule has 2 amide bonds. The smallest absolute Gasteiger partial charge is 0.312 e. The molecule has 5 N–H and O–H groups in total. The zero-order chi connectivity index (χ0) is 26.0. The topological polar surface area (TPSA) is 207 Å². The second kappa shape index (κ2) is 12.6. The van der Waals surface area contributed by atoms with Gasteiger partial charge in [0.25, 0.3) is 11.6 Å². The lowest BCUT2D eigenvalue weighted by atomic mass is 10.0. The van der Waals surface area contributed by atoms with Crippen LogP contribution in [0.3, 0.4) is 0 Å². The van der Waals surface area contributed by atoms with E-state index in [4.69, 9.17) is 16.2 Å². The number of nitrogens with zero attached hydrogens (tertiary/aromatic N) is 3. The number of amides is 2. The maximum Gasteiger partial charge on any atom is 0.312 e. The predicted octanol–water partition coefficient (Wildman–Crippen LogP) is 2.88. The van der Waals surface area contributed by atoms with Gasteiger partial charge in [0, 0.05) is 30.4 Å². The van der Waals surface area contributed by atoms with Crippen molar-refractivity contribution < 1.29 is 24.2 Å². The number of nitrogens with two attached hydrogens (primary N) is 2. The fourth-order valence-corrected chi connectivity index (χ4v) is 3.09. The van der Waals surface area contributed by atoms with Crippen LogP contribution in [0, 0.1) is 20.2 Å². The summed E-state index contributed by atoms with van der Waals surface area (Å²) in [6, 6.07) is 3.58. The van der Waals surface area contributed by atoms with Crippen LogP contribution in [0.25, 0.3) is 0 Å². The Balaban J connectivity index is 2.11. The monoisotopic (exact) mass is 486 g/mol. The van der Waals surface area contributed by atoms with Crippen molar-refractivity contribution in [3.63, 3.8) is 0 Å². The highest BCUT2D eigenvalue weighted by Crippen LogP contribution is 2.32. The molecule has 0 aliphatic heterocycles. The molecule has 0 spiro atoms. The van der Waals surface area contributed by atoms with Crippen molar-refractivity contribution in [3.8, 4) is 5.75 Å².